The third kappa shape index (κ3) is 6.85. The molecule has 0 saturated carbocycles. The predicted molar refractivity (Wildman–Crippen MR) is 106 cm³/mol. The molecule has 1 unspecified atom stereocenters. The van der Waals surface area contributed by atoms with Gasteiger partial charge in [-0.1, -0.05) is 26.0 Å². The Kier molecular flexibility index (Phi) is 8.12. The molecule has 1 atom stereocenters. The van der Waals surface area contributed by atoms with Crippen LogP contribution in [0.25, 0.3) is 0 Å². The normalized spacial score (nSPS) is 17.2. The van der Waals surface area contributed by atoms with Crippen LogP contribution in [0.1, 0.15) is 32.3 Å². The Morgan fingerprint density at radius 2 is 1.67 bits per heavy atom. The van der Waals surface area contributed by atoms with Crippen LogP contribution < -0.4 is 5.32 Å². The number of hydrogen-bond donors (Lipinski definition) is 1. The Morgan fingerprint density at radius 3 is 2.17 bits per heavy atom. The first kappa shape index (κ1) is 24.4. The van der Waals surface area contributed by atoms with E-state index < -0.39 is 34.9 Å². The molecule has 0 radical (unpaired) electrons. The summed E-state index contributed by atoms with van der Waals surface area (Å²) in [6.07, 6.45) is -4.42. The first-order valence-electron chi connectivity index (χ1n) is 9.70. The van der Waals surface area contributed by atoms with Crippen molar-refractivity contribution >= 4 is 16.1 Å². The lowest BCUT2D eigenvalue weighted by atomic mass is 10.0. The molecule has 1 saturated heterocycles. The molecular weight excluding hydrogens is 423 g/mol. The maximum Gasteiger partial charge on any atom is 0.411 e. The number of piperazine rings is 1. The average molecular weight is 452 g/mol. The number of carbonyl (C=O) groups excluding carboxylic acids is 1. The van der Waals surface area contributed by atoms with Gasteiger partial charge in [-0.25, -0.2) is 13.2 Å². The Morgan fingerprint density at radius 1 is 1.10 bits per heavy atom. The third-order valence-electron chi connectivity index (χ3n) is 4.71. The number of sulfonamides is 1. The zero-order valence-corrected chi connectivity index (χ0v) is 18.1. The summed E-state index contributed by atoms with van der Waals surface area (Å²) >= 11 is 0. The monoisotopic (exact) mass is 451 g/mol. The number of alkyl halides is 3. The lowest BCUT2D eigenvalue weighted by molar-refractivity contribution is -0.174. The van der Waals surface area contributed by atoms with Gasteiger partial charge < -0.3 is 15.0 Å². The maximum absolute atomic E-state index is 12.8. The van der Waals surface area contributed by atoms with Gasteiger partial charge in [-0.15, -0.1) is 0 Å². The van der Waals surface area contributed by atoms with E-state index in [-0.39, 0.29) is 37.7 Å². The molecule has 2 rings (SSSR count). The van der Waals surface area contributed by atoms with Crippen molar-refractivity contribution in [3.8, 4) is 0 Å². The van der Waals surface area contributed by atoms with Crippen LogP contribution in [0.4, 0.5) is 18.0 Å². The van der Waals surface area contributed by atoms with Gasteiger partial charge >= 0.3 is 12.2 Å². The van der Waals surface area contributed by atoms with E-state index >= 15 is 0 Å². The number of hydrogen-bond acceptors (Lipinski definition) is 4. The summed E-state index contributed by atoms with van der Waals surface area (Å²) < 4.78 is 67.8. The summed E-state index contributed by atoms with van der Waals surface area (Å²) in [5, 5.41) is 2.56. The second-order valence-electron chi connectivity index (χ2n) is 7.60. The summed E-state index contributed by atoms with van der Waals surface area (Å²) in [5.74, 6) is 0.296. The minimum Gasteiger partial charge on any atom is -0.370 e. The van der Waals surface area contributed by atoms with Gasteiger partial charge in [0.25, 0.3) is 0 Å². The minimum absolute atomic E-state index is 0.140. The smallest absolute Gasteiger partial charge is 0.370 e. The molecule has 0 aliphatic carbocycles. The molecule has 7 nitrogen and oxygen atoms in total. The van der Waals surface area contributed by atoms with Crippen LogP contribution in [0, 0.1) is 0 Å². The van der Waals surface area contributed by atoms with Crippen LogP contribution in [0.3, 0.4) is 0 Å². The molecule has 170 valence electrons. The van der Waals surface area contributed by atoms with Gasteiger partial charge in [0.1, 0.15) is 6.61 Å². The van der Waals surface area contributed by atoms with Gasteiger partial charge in [-0.05, 0) is 30.5 Å². The first-order chi connectivity index (χ1) is 13.9. The fourth-order valence-electron chi connectivity index (χ4n) is 3.00. The van der Waals surface area contributed by atoms with E-state index in [1.165, 1.54) is 16.1 Å². The summed E-state index contributed by atoms with van der Waals surface area (Å²) in [6.45, 7) is 4.59. The molecule has 0 aromatic heterocycles. The molecule has 2 amide bonds. The number of halogens is 3. The van der Waals surface area contributed by atoms with Crippen molar-refractivity contribution < 1.29 is 31.1 Å². The Hall–Kier alpha value is -1.85. The fraction of sp³-hybridized carbons (Fsp3) is 0.632. The molecule has 1 aliphatic rings. The highest BCUT2D eigenvalue weighted by Gasteiger charge is 2.31. The molecule has 11 heteroatoms. The number of carbonyl (C=O) groups is 1. The van der Waals surface area contributed by atoms with Crippen molar-refractivity contribution in [1.29, 1.82) is 0 Å². The number of nitrogens with one attached hydrogen (secondary N) is 1. The highest BCUT2D eigenvalue weighted by molar-refractivity contribution is 7.89. The average Bonchev–Trinajstić information content (AvgIpc) is 2.67. The van der Waals surface area contributed by atoms with E-state index in [0.29, 0.717) is 5.92 Å². The van der Waals surface area contributed by atoms with Crippen molar-refractivity contribution in [2.45, 2.75) is 43.8 Å². The van der Waals surface area contributed by atoms with Gasteiger partial charge in [0.15, 0.2) is 0 Å². The largest absolute Gasteiger partial charge is 0.411 e. The second kappa shape index (κ2) is 9.97. The Bertz CT molecular complexity index is 805. The molecule has 0 spiro atoms. The van der Waals surface area contributed by atoms with Crippen molar-refractivity contribution in [3.63, 3.8) is 0 Å². The zero-order valence-electron chi connectivity index (χ0n) is 17.3. The molecule has 30 heavy (non-hydrogen) atoms. The quantitative estimate of drug-likeness (QED) is 0.692. The van der Waals surface area contributed by atoms with E-state index in [1.807, 2.05) is 13.8 Å². The number of amides is 2. The number of nitrogens with zero attached hydrogens (tertiary/aromatic N) is 2. The summed E-state index contributed by atoms with van der Waals surface area (Å²) in [7, 11) is -3.65. The zero-order chi connectivity index (χ0) is 22.5. The highest BCUT2D eigenvalue weighted by Crippen LogP contribution is 2.21. The highest BCUT2D eigenvalue weighted by atomic mass is 32.2. The van der Waals surface area contributed by atoms with E-state index in [1.54, 1.807) is 24.3 Å². The van der Waals surface area contributed by atoms with Crippen LogP contribution in [0.5, 0.6) is 0 Å². The maximum atomic E-state index is 12.8. The molecule has 1 heterocycles. The Labute approximate surface area is 175 Å². The van der Waals surface area contributed by atoms with Crippen LogP contribution in [0.15, 0.2) is 29.2 Å². The molecular formula is C19H28F3N3O4S. The minimum atomic E-state index is -4.42. The lowest BCUT2D eigenvalue weighted by Crippen LogP contribution is -2.54. The summed E-state index contributed by atoms with van der Waals surface area (Å²) in [6, 6.07) is 5.70. The van der Waals surface area contributed by atoms with Gasteiger partial charge in [0.2, 0.25) is 10.0 Å². The van der Waals surface area contributed by atoms with Gasteiger partial charge in [0, 0.05) is 26.2 Å². The summed E-state index contributed by atoms with van der Waals surface area (Å²) in [4.78, 5) is 13.9. The van der Waals surface area contributed by atoms with Crippen molar-refractivity contribution in [1.82, 2.24) is 14.5 Å². The second-order valence-corrected chi connectivity index (χ2v) is 9.53. The van der Waals surface area contributed by atoms with Crippen LogP contribution in [-0.4, -0.2) is 75.3 Å². The molecule has 1 aromatic rings. The predicted octanol–water partition coefficient (Wildman–Crippen LogP) is 2.79. The van der Waals surface area contributed by atoms with Crippen LogP contribution in [0.2, 0.25) is 0 Å². The van der Waals surface area contributed by atoms with E-state index in [9.17, 15) is 26.4 Å². The number of benzene rings is 1. The molecule has 0 bridgehead atoms. The van der Waals surface area contributed by atoms with Gasteiger partial charge in [0.05, 0.1) is 17.5 Å². The van der Waals surface area contributed by atoms with Gasteiger partial charge in [-0.3, -0.25) is 0 Å². The van der Waals surface area contributed by atoms with Crippen molar-refractivity contribution in [2.75, 3.05) is 39.4 Å². The first-order valence-corrected chi connectivity index (χ1v) is 11.1. The Balaban J connectivity index is 1.85. The number of urea groups is 1. The number of rotatable bonds is 7. The standard InChI is InChI=1S/C19H28F3N3O4S/c1-14(2)16-4-6-17(7-5-16)30(27,28)25-10-8-24(9-11-25)18(26)23-15(3)12-29-13-19(20,21)22/h4-7,14-15H,8-13H2,1-3H3,(H,23,26). The van der Waals surface area contributed by atoms with E-state index in [4.69, 9.17) is 0 Å². The van der Waals surface area contributed by atoms with Crippen molar-refractivity contribution in [2.24, 2.45) is 0 Å². The molecule has 1 aliphatic heterocycles. The number of ether oxygens (including phenoxy) is 1. The summed E-state index contributed by atoms with van der Waals surface area (Å²) in [5.41, 5.74) is 1.05. The molecule has 1 fully saturated rings. The topological polar surface area (TPSA) is 79.0 Å². The van der Waals surface area contributed by atoms with E-state index in [2.05, 4.69) is 10.1 Å². The van der Waals surface area contributed by atoms with Crippen LogP contribution in [-0.2, 0) is 14.8 Å². The van der Waals surface area contributed by atoms with Crippen molar-refractivity contribution in [3.05, 3.63) is 29.8 Å². The van der Waals surface area contributed by atoms with Gasteiger partial charge in [-0.2, -0.15) is 17.5 Å². The SMILES string of the molecule is CC(COCC(F)(F)F)NC(=O)N1CCN(S(=O)(=O)c2ccc(C(C)C)cc2)CC1. The molecule has 1 N–H and O–H groups in total. The lowest BCUT2D eigenvalue weighted by Gasteiger charge is -2.34. The fourth-order valence-corrected chi connectivity index (χ4v) is 4.42. The molecule has 1 aromatic carbocycles. The van der Waals surface area contributed by atoms with Crippen LogP contribution >= 0.6 is 0 Å². The third-order valence-corrected chi connectivity index (χ3v) is 6.63. The van der Waals surface area contributed by atoms with E-state index in [0.717, 1.165) is 5.56 Å².